The van der Waals surface area contributed by atoms with E-state index < -0.39 is 5.91 Å². The highest BCUT2D eigenvalue weighted by atomic mass is 32.1. The van der Waals surface area contributed by atoms with E-state index in [0.717, 1.165) is 12.1 Å². The van der Waals surface area contributed by atoms with Crippen LogP contribution in [0.3, 0.4) is 0 Å². The highest BCUT2D eigenvalue weighted by molar-refractivity contribution is 7.80. The minimum absolute atomic E-state index is 0.0624. The van der Waals surface area contributed by atoms with E-state index >= 15 is 0 Å². The van der Waals surface area contributed by atoms with Crippen LogP contribution in [-0.4, -0.2) is 36.2 Å². The summed E-state index contributed by atoms with van der Waals surface area (Å²) in [6.45, 7) is 11.6. The lowest BCUT2D eigenvalue weighted by molar-refractivity contribution is -0.124. The highest BCUT2D eigenvalue weighted by Crippen LogP contribution is 2.29. The van der Waals surface area contributed by atoms with Crippen molar-refractivity contribution in [2.45, 2.75) is 58.4 Å². The van der Waals surface area contributed by atoms with Crippen molar-refractivity contribution in [3.8, 4) is 0 Å². The topological polar surface area (TPSA) is 81.7 Å². The number of hydroxylamine groups is 1. The van der Waals surface area contributed by atoms with E-state index in [9.17, 15) is 9.59 Å². The molecule has 0 spiro atoms. The lowest BCUT2D eigenvalue weighted by atomic mass is 9.86. The first-order valence-electron chi connectivity index (χ1n) is 9.58. The zero-order valence-electron chi connectivity index (χ0n) is 17.5. The Morgan fingerprint density at radius 2 is 2.00 bits per heavy atom. The number of thiol groups is 1. The SMILES string of the molecule is CCC(C)(C)CC(=O)N(CCNC(C)C)c1ccc(S)c(/C=C/C(=O)NO)c1. The van der Waals surface area contributed by atoms with Gasteiger partial charge in [-0.25, -0.2) is 5.48 Å². The number of hydrogen-bond acceptors (Lipinski definition) is 5. The van der Waals surface area contributed by atoms with E-state index in [1.54, 1.807) is 22.5 Å². The minimum atomic E-state index is -0.628. The lowest BCUT2D eigenvalue weighted by Gasteiger charge is -2.29. The molecule has 0 fully saturated rings. The van der Waals surface area contributed by atoms with Gasteiger partial charge in [-0.15, -0.1) is 12.6 Å². The number of nitrogens with one attached hydrogen (secondary N) is 2. The summed E-state index contributed by atoms with van der Waals surface area (Å²) >= 11 is 4.42. The van der Waals surface area contributed by atoms with Crippen molar-refractivity contribution in [1.29, 1.82) is 0 Å². The first kappa shape index (κ1) is 24.2. The smallest absolute Gasteiger partial charge is 0.267 e. The number of anilines is 1. The lowest BCUT2D eigenvalue weighted by Crippen LogP contribution is -2.40. The van der Waals surface area contributed by atoms with Crippen molar-refractivity contribution in [3.05, 3.63) is 29.8 Å². The van der Waals surface area contributed by atoms with Crippen LogP contribution in [0.1, 0.15) is 53.0 Å². The Morgan fingerprint density at radius 3 is 2.57 bits per heavy atom. The van der Waals surface area contributed by atoms with Gasteiger partial charge in [-0.1, -0.05) is 41.0 Å². The number of carbonyl (C=O) groups is 2. The van der Waals surface area contributed by atoms with Gasteiger partial charge in [0.15, 0.2) is 0 Å². The fraction of sp³-hybridized carbons (Fsp3) is 0.524. The van der Waals surface area contributed by atoms with Crippen LogP contribution in [0.25, 0.3) is 6.08 Å². The molecule has 0 unspecified atom stereocenters. The number of carbonyl (C=O) groups excluding carboxylic acids is 2. The molecule has 7 heteroatoms. The van der Waals surface area contributed by atoms with E-state index in [2.05, 4.69) is 52.6 Å². The molecule has 0 aliphatic rings. The molecule has 0 saturated heterocycles. The summed E-state index contributed by atoms with van der Waals surface area (Å²) in [5.74, 6) is -0.566. The van der Waals surface area contributed by atoms with Gasteiger partial charge in [0.25, 0.3) is 5.91 Å². The predicted octanol–water partition coefficient (Wildman–Crippen LogP) is 3.65. The average molecular weight is 408 g/mol. The number of amides is 2. The summed E-state index contributed by atoms with van der Waals surface area (Å²) in [6, 6.07) is 5.82. The van der Waals surface area contributed by atoms with Crippen LogP contribution in [-0.2, 0) is 9.59 Å². The molecule has 156 valence electrons. The normalized spacial score (nSPS) is 11.9. The molecule has 28 heavy (non-hydrogen) atoms. The van der Waals surface area contributed by atoms with Crippen molar-refractivity contribution in [3.63, 3.8) is 0 Å². The molecule has 0 saturated carbocycles. The molecule has 1 aromatic carbocycles. The molecular weight excluding hydrogens is 374 g/mol. The second kappa shape index (κ2) is 11.2. The van der Waals surface area contributed by atoms with Gasteiger partial charge in [0.05, 0.1) is 0 Å². The van der Waals surface area contributed by atoms with E-state index in [0.29, 0.717) is 36.0 Å². The Hall–Kier alpha value is -1.83. The Balaban J connectivity index is 3.15. The molecule has 0 radical (unpaired) electrons. The Bertz CT molecular complexity index is 702. The second-order valence-electron chi connectivity index (χ2n) is 7.90. The molecule has 6 nitrogen and oxygen atoms in total. The van der Waals surface area contributed by atoms with Crippen LogP contribution in [0.2, 0.25) is 0 Å². The number of benzene rings is 1. The van der Waals surface area contributed by atoms with Crippen molar-refractivity contribution >= 4 is 36.2 Å². The van der Waals surface area contributed by atoms with Gasteiger partial charge < -0.3 is 10.2 Å². The van der Waals surface area contributed by atoms with Crippen molar-refractivity contribution in [2.75, 3.05) is 18.0 Å². The third-order valence-corrected chi connectivity index (χ3v) is 5.03. The molecule has 0 bridgehead atoms. The van der Waals surface area contributed by atoms with Crippen LogP contribution in [0, 0.1) is 5.41 Å². The van der Waals surface area contributed by atoms with Gasteiger partial charge in [0.2, 0.25) is 5.91 Å². The van der Waals surface area contributed by atoms with Crippen LogP contribution in [0.4, 0.5) is 5.69 Å². The average Bonchev–Trinajstić information content (AvgIpc) is 2.63. The van der Waals surface area contributed by atoms with E-state index in [1.165, 1.54) is 6.08 Å². The Kier molecular flexibility index (Phi) is 9.72. The van der Waals surface area contributed by atoms with Gasteiger partial charge in [0.1, 0.15) is 0 Å². The molecule has 1 aromatic rings. The number of rotatable bonds is 10. The Morgan fingerprint density at radius 1 is 1.32 bits per heavy atom. The van der Waals surface area contributed by atoms with E-state index in [1.807, 2.05) is 12.1 Å². The third kappa shape index (κ3) is 8.04. The predicted molar refractivity (Wildman–Crippen MR) is 117 cm³/mol. The monoisotopic (exact) mass is 407 g/mol. The molecule has 1 rings (SSSR count). The van der Waals surface area contributed by atoms with Crippen LogP contribution in [0.15, 0.2) is 29.2 Å². The first-order valence-corrected chi connectivity index (χ1v) is 10.0. The quantitative estimate of drug-likeness (QED) is 0.207. The van der Waals surface area contributed by atoms with Gasteiger partial charge in [-0.3, -0.25) is 14.8 Å². The summed E-state index contributed by atoms with van der Waals surface area (Å²) < 4.78 is 0. The second-order valence-corrected chi connectivity index (χ2v) is 8.38. The molecule has 0 atom stereocenters. The maximum absolute atomic E-state index is 13.1. The van der Waals surface area contributed by atoms with Gasteiger partial charge in [-0.2, -0.15) is 0 Å². The van der Waals surface area contributed by atoms with Gasteiger partial charge >= 0.3 is 0 Å². The summed E-state index contributed by atoms with van der Waals surface area (Å²) in [4.78, 5) is 26.8. The fourth-order valence-corrected chi connectivity index (χ4v) is 2.75. The summed E-state index contributed by atoms with van der Waals surface area (Å²) in [6.07, 6.45) is 4.14. The van der Waals surface area contributed by atoms with Crippen molar-refractivity contribution in [1.82, 2.24) is 10.8 Å². The highest BCUT2D eigenvalue weighted by Gasteiger charge is 2.24. The van der Waals surface area contributed by atoms with Crippen molar-refractivity contribution in [2.24, 2.45) is 5.41 Å². The molecule has 0 aliphatic heterocycles. The Labute approximate surface area is 173 Å². The van der Waals surface area contributed by atoms with E-state index in [-0.39, 0.29) is 11.3 Å². The molecule has 0 aliphatic carbocycles. The standard InChI is InChI=1S/C21H33N3O3S/c1-6-21(4,5)14-20(26)24(12-11-22-15(2)3)17-8-9-18(28)16(13-17)7-10-19(25)23-27/h7-10,13,15,22,27-28H,6,11-12,14H2,1-5H3,(H,23,25)/b10-7+. The number of hydrogen-bond donors (Lipinski definition) is 4. The van der Waals surface area contributed by atoms with Crippen LogP contribution < -0.4 is 15.7 Å². The molecule has 2 amide bonds. The first-order chi connectivity index (χ1) is 13.1. The summed E-state index contributed by atoms with van der Waals surface area (Å²) in [7, 11) is 0. The number of nitrogens with zero attached hydrogens (tertiary/aromatic N) is 1. The van der Waals surface area contributed by atoms with Gasteiger partial charge in [0, 0.05) is 42.2 Å². The zero-order chi connectivity index (χ0) is 21.3. The third-order valence-electron chi connectivity index (χ3n) is 4.62. The summed E-state index contributed by atoms with van der Waals surface area (Å²) in [5.41, 5.74) is 2.92. The summed E-state index contributed by atoms with van der Waals surface area (Å²) in [5, 5.41) is 12.0. The van der Waals surface area contributed by atoms with E-state index in [4.69, 9.17) is 5.21 Å². The maximum Gasteiger partial charge on any atom is 0.267 e. The minimum Gasteiger partial charge on any atom is -0.313 e. The van der Waals surface area contributed by atoms with Crippen LogP contribution in [0.5, 0.6) is 0 Å². The zero-order valence-corrected chi connectivity index (χ0v) is 18.3. The van der Waals surface area contributed by atoms with Gasteiger partial charge in [-0.05, 0) is 35.3 Å². The van der Waals surface area contributed by atoms with Crippen molar-refractivity contribution < 1.29 is 14.8 Å². The largest absolute Gasteiger partial charge is 0.313 e. The molecule has 0 aromatic heterocycles. The van der Waals surface area contributed by atoms with Crippen LogP contribution >= 0.6 is 12.6 Å². The molecule has 0 heterocycles. The fourth-order valence-electron chi connectivity index (χ4n) is 2.54. The molecular formula is C21H33N3O3S. The molecule has 3 N–H and O–H groups in total. The maximum atomic E-state index is 13.1.